The molecule has 0 spiro atoms. The molecule has 120 valence electrons. The molecule has 0 radical (unpaired) electrons. The Morgan fingerprint density at radius 2 is 2.18 bits per heavy atom. The smallest absolute Gasteiger partial charge is 0.325 e. The SMILES string of the molecule is C[C@@H]1Cn2cnc(C(=O)NCC(=O)OC(C)(C)C)c2C(=O)N1. The first-order valence-electron chi connectivity index (χ1n) is 7.03. The largest absolute Gasteiger partial charge is 0.459 e. The van der Waals surface area contributed by atoms with Crippen molar-refractivity contribution in [1.29, 1.82) is 0 Å². The van der Waals surface area contributed by atoms with E-state index >= 15 is 0 Å². The molecule has 2 rings (SSSR count). The number of esters is 1. The maximum Gasteiger partial charge on any atom is 0.325 e. The van der Waals surface area contributed by atoms with Crippen LogP contribution in [0.4, 0.5) is 0 Å². The maximum atomic E-state index is 12.1. The van der Waals surface area contributed by atoms with Crippen LogP contribution in [0.3, 0.4) is 0 Å². The zero-order valence-corrected chi connectivity index (χ0v) is 13.1. The standard InChI is InChI=1S/C14H20N4O4/c1-8-6-18-7-16-10(11(18)13(21)17-8)12(20)15-5-9(19)22-14(2,3)4/h7-8H,5-6H2,1-4H3,(H,15,20)(H,17,21)/t8-/m1/s1. The van der Waals surface area contributed by atoms with Crippen molar-refractivity contribution in [1.82, 2.24) is 20.2 Å². The Morgan fingerprint density at radius 3 is 2.82 bits per heavy atom. The Bertz CT molecular complexity index is 615. The third-order valence-electron chi connectivity index (χ3n) is 2.93. The monoisotopic (exact) mass is 308 g/mol. The van der Waals surface area contributed by atoms with Gasteiger partial charge in [-0.05, 0) is 27.7 Å². The first kappa shape index (κ1) is 16.0. The average Bonchev–Trinajstić information content (AvgIpc) is 2.77. The summed E-state index contributed by atoms with van der Waals surface area (Å²) in [5.74, 6) is -1.48. The van der Waals surface area contributed by atoms with Crippen LogP contribution in [-0.4, -0.2) is 45.5 Å². The molecule has 0 unspecified atom stereocenters. The van der Waals surface area contributed by atoms with Gasteiger partial charge in [-0.1, -0.05) is 0 Å². The van der Waals surface area contributed by atoms with E-state index in [0.29, 0.717) is 6.54 Å². The maximum absolute atomic E-state index is 12.1. The first-order valence-corrected chi connectivity index (χ1v) is 7.03. The number of fused-ring (bicyclic) bond motifs is 1. The van der Waals surface area contributed by atoms with E-state index < -0.39 is 17.5 Å². The van der Waals surface area contributed by atoms with Gasteiger partial charge in [0.1, 0.15) is 17.8 Å². The van der Waals surface area contributed by atoms with Gasteiger partial charge in [-0.15, -0.1) is 0 Å². The molecule has 1 aromatic rings. The number of amides is 2. The van der Waals surface area contributed by atoms with Gasteiger partial charge >= 0.3 is 5.97 Å². The van der Waals surface area contributed by atoms with Crippen molar-refractivity contribution >= 4 is 17.8 Å². The number of carbonyl (C=O) groups is 3. The molecule has 22 heavy (non-hydrogen) atoms. The predicted octanol–water partition coefficient (Wildman–Crippen LogP) is 0.0865. The summed E-state index contributed by atoms with van der Waals surface area (Å²) in [6, 6.07) is -0.0214. The van der Waals surface area contributed by atoms with Crippen LogP contribution in [0.15, 0.2) is 6.33 Å². The van der Waals surface area contributed by atoms with Crippen molar-refractivity contribution in [3.63, 3.8) is 0 Å². The van der Waals surface area contributed by atoms with E-state index in [1.165, 1.54) is 6.33 Å². The summed E-state index contributed by atoms with van der Waals surface area (Å²) in [5.41, 5.74) is -0.404. The number of nitrogens with zero attached hydrogens (tertiary/aromatic N) is 2. The molecule has 1 aliphatic rings. The van der Waals surface area contributed by atoms with Crippen LogP contribution in [0.1, 0.15) is 48.7 Å². The lowest BCUT2D eigenvalue weighted by Gasteiger charge is -2.22. The van der Waals surface area contributed by atoms with Gasteiger partial charge in [0.25, 0.3) is 11.8 Å². The normalized spacial score (nSPS) is 17.5. The van der Waals surface area contributed by atoms with Crippen LogP contribution in [0.2, 0.25) is 0 Å². The van der Waals surface area contributed by atoms with Crippen molar-refractivity contribution < 1.29 is 19.1 Å². The summed E-state index contributed by atoms with van der Waals surface area (Å²) in [6.07, 6.45) is 1.45. The molecule has 0 saturated carbocycles. The fourth-order valence-corrected chi connectivity index (χ4v) is 2.17. The Kier molecular flexibility index (Phi) is 4.20. The molecule has 2 N–H and O–H groups in total. The summed E-state index contributed by atoms with van der Waals surface area (Å²) in [5, 5.41) is 5.16. The van der Waals surface area contributed by atoms with Crippen molar-refractivity contribution in [2.75, 3.05) is 6.54 Å². The summed E-state index contributed by atoms with van der Waals surface area (Å²) < 4.78 is 6.73. The molecule has 8 nitrogen and oxygen atoms in total. The van der Waals surface area contributed by atoms with Gasteiger partial charge in [-0.3, -0.25) is 14.4 Å². The quantitative estimate of drug-likeness (QED) is 0.770. The number of carbonyl (C=O) groups excluding carboxylic acids is 3. The van der Waals surface area contributed by atoms with E-state index in [1.54, 1.807) is 25.3 Å². The molecule has 1 atom stereocenters. The second kappa shape index (κ2) is 5.78. The lowest BCUT2D eigenvalue weighted by Crippen LogP contribution is -2.43. The van der Waals surface area contributed by atoms with E-state index in [4.69, 9.17) is 4.74 Å². The van der Waals surface area contributed by atoms with Gasteiger partial charge in [0.15, 0.2) is 5.69 Å². The fraction of sp³-hybridized carbons (Fsp3) is 0.571. The van der Waals surface area contributed by atoms with Crippen molar-refractivity contribution in [2.24, 2.45) is 0 Å². The number of nitrogens with one attached hydrogen (secondary N) is 2. The second-order valence-electron chi connectivity index (χ2n) is 6.24. The van der Waals surface area contributed by atoms with E-state index in [-0.39, 0.29) is 29.9 Å². The molecule has 0 saturated heterocycles. The van der Waals surface area contributed by atoms with Crippen LogP contribution < -0.4 is 10.6 Å². The molecular weight excluding hydrogens is 288 g/mol. The lowest BCUT2D eigenvalue weighted by molar-refractivity contribution is -0.153. The van der Waals surface area contributed by atoms with Crippen LogP contribution in [0, 0.1) is 0 Å². The molecule has 0 aliphatic carbocycles. The average molecular weight is 308 g/mol. The molecule has 1 aliphatic heterocycles. The zero-order chi connectivity index (χ0) is 16.5. The van der Waals surface area contributed by atoms with Gasteiger partial charge in [0.2, 0.25) is 0 Å². The minimum Gasteiger partial charge on any atom is -0.459 e. The van der Waals surface area contributed by atoms with E-state index in [9.17, 15) is 14.4 Å². The molecule has 2 amide bonds. The number of ether oxygens (including phenoxy) is 1. The van der Waals surface area contributed by atoms with Crippen molar-refractivity contribution in [2.45, 2.75) is 45.9 Å². The Balaban J connectivity index is 2.03. The minimum atomic E-state index is -0.620. The van der Waals surface area contributed by atoms with Gasteiger partial charge in [0.05, 0.1) is 6.33 Å². The first-order chi connectivity index (χ1) is 10.2. The van der Waals surface area contributed by atoms with Crippen molar-refractivity contribution in [3.8, 4) is 0 Å². The molecule has 2 heterocycles. The molecule has 8 heteroatoms. The lowest BCUT2D eigenvalue weighted by atomic mass is 10.2. The van der Waals surface area contributed by atoms with Crippen LogP contribution >= 0.6 is 0 Å². The van der Waals surface area contributed by atoms with Crippen LogP contribution in [0.5, 0.6) is 0 Å². The molecule has 0 fully saturated rings. The molecule has 1 aromatic heterocycles. The molecular formula is C14H20N4O4. The number of hydrogen-bond donors (Lipinski definition) is 2. The third-order valence-corrected chi connectivity index (χ3v) is 2.93. The summed E-state index contributed by atoms with van der Waals surface area (Å²) in [6.45, 7) is 7.36. The van der Waals surface area contributed by atoms with Gasteiger partial charge in [0, 0.05) is 12.6 Å². The highest BCUT2D eigenvalue weighted by Gasteiger charge is 2.29. The second-order valence-corrected chi connectivity index (χ2v) is 6.24. The summed E-state index contributed by atoms with van der Waals surface area (Å²) in [4.78, 5) is 39.6. The number of aromatic nitrogens is 2. The molecule has 0 bridgehead atoms. The van der Waals surface area contributed by atoms with E-state index in [2.05, 4.69) is 15.6 Å². The number of hydrogen-bond acceptors (Lipinski definition) is 5. The highest BCUT2D eigenvalue weighted by Crippen LogP contribution is 2.13. The van der Waals surface area contributed by atoms with Crippen LogP contribution in [-0.2, 0) is 16.1 Å². The topological polar surface area (TPSA) is 102 Å². The highest BCUT2D eigenvalue weighted by atomic mass is 16.6. The predicted molar refractivity (Wildman–Crippen MR) is 77.3 cm³/mol. The zero-order valence-electron chi connectivity index (χ0n) is 13.1. The summed E-state index contributed by atoms with van der Waals surface area (Å²) in [7, 11) is 0. The van der Waals surface area contributed by atoms with E-state index in [1.807, 2.05) is 6.92 Å². The third kappa shape index (κ3) is 3.63. The molecule has 0 aromatic carbocycles. The Labute approximate surface area is 128 Å². The van der Waals surface area contributed by atoms with E-state index in [0.717, 1.165) is 0 Å². The van der Waals surface area contributed by atoms with Crippen molar-refractivity contribution in [3.05, 3.63) is 17.7 Å². The number of imidazole rings is 1. The van der Waals surface area contributed by atoms with Gasteiger partial charge in [-0.25, -0.2) is 4.98 Å². The minimum absolute atomic E-state index is 0.00737. The van der Waals surface area contributed by atoms with Gasteiger partial charge < -0.3 is 19.9 Å². The fourth-order valence-electron chi connectivity index (χ4n) is 2.17. The van der Waals surface area contributed by atoms with Gasteiger partial charge in [-0.2, -0.15) is 0 Å². The highest BCUT2D eigenvalue weighted by molar-refractivity contribution is 6.06. The Morgan fingerprint density at radius 1 is 1.50 bits per heavy atom. The Hall–Kier alpha value is -2.38. The van der Waals surface area contributed by atoms with Crippen LogP contribution in [0.25, 0.3) is 0 Å². The summed E-state index contributed by atoms with van der Waals surface area (Å²) >= 11 is 0. The number of rotatable bonds is 3.